The van der Waals surface area contributed by atoms with Gasteiger partial charge in [-0.3, -0.25) is 4.79 Å². The van der Waals surface area contributed by atoms with Crippen LogP contribution in [0.1, 0.15) is 53.1 Å². The number of benzene rings is 1. The smallest absolute Gasteiger partial charge is 0.319 e. The zero-order valence-corrected chi connectivity index (χ0v) is 17.0. The number of ketones is 1. The average Bonchev–Trinajstić information content (AvgIpc) is 2.68. The molecular formula is C22H27N5O2. The molecule has 7 nitrogen and oxygen atoms in total. The van der Waals surface area contributed by atoms with Gasteiger partial charge in [0.05, 0.1) is 0 Å². The maximum absolute atomic E-state index is 12.4. The maximum Gasteiger partial charge on any atom is 0.319 e. The van der Waals surface area contributed by atoms with Gasteiger partial charge in [-0.1, -0.05) is 6.07 Å². The number of carbonyl (C=O) groups excluding carboxylic acids is 2. The number of hydrogen-bond acceptors (Lipinski definition) is 5. The molecule has 7 heteroatoms. The van der Waals surface area contributed by atoms with Gasteiger partial charge in [-0.05, 0) is 57.2 Å². The predicted octanol–water partition coefficient (Wildman–Crippen LogP) is 3.40. The summed E-state index contributed by atoms with van der Waals surface area (Å²) in [5, 5.41) is 5.94. The fourth-order valence-corrected chi connectivity index (χ4v) is 4.17. The molecule has 2 aromatic rings. The lowest BCUT2D eigenvalue weighted by Gasteiger charge is -2.33. The lowest BCUT2D eigenvalue weighted by molar-refractivity contribution is 0.0972. The molecule has 4 rings (SSSR count). The summed E-state index contributed by atoms with van der Waals surface area (Å²) in [5.74, 6) is 1.90. The number of amides is 2. The van der Waals surface area contributed by atoms with Crippen molar-refractivity contribution in [3.8, 4) is 0 Å². The summed E-state index contributed by atoms with van der Waals surface area (Å²) < 4.78 is 0. The van der Waals surface area contributed by atoms with E-state index in [1.165, 1.54) is 0 Å². The summed E-state index contributed by atoms with van der Waals surface area (Å²) in [6.07, 6.45) is 4.15. The lowest BCUT2D eigenvalue weighted by atomic mass is 9.90. The Balaban J connectivity index is 1.31. The molecule has 1 aromatic carbocycles. The molecule has 0 bridgehead atoms. The monoisotopic (exact) mass is 393 g/mol. The van der Waals surface area contributed by atoms with Gasteiger partial charge >= 0.3 is 6.03 Å². The molecule has 1 saturated heterocycles. The number of nitrogens with one attached hydrogen (secondary N) is 2. The standard InChI is InChI=1S/C22H27N5O2/c1-14-12-21(24-15(2)23-14)27-10-8-17(9-11-27)25-22(29)26-18-7-6-16-4-3-5-20(28)19(16)13-18/h6-7,12-13,17H,3-5,8-11H2,1-2H3,(H2,25,26,29). The number of carbonyl (C=O) groups is 2. The maximum atomic E-state index is 12.4. The highest BCUT2D eigenvalue weighted by molar-refractivity contribution is 6.00. The van der Waals surface area contributed by atoms with E-state index in [2.05, 4.69) is 25.5 Å². The van der Waals surface area contributed by atoms with Gasteiger partial charge < -0.3 is 15.5 Å². The third-order valence-corrected chi connectivity index (χ3v) is 5.62. The van der Waals surface area contributed by atoms with Gasteiger partial charge in [-0.25, -0.2) is 14.8 Å². The second-order valence-corrected chi connectivity index (χ2v) is 7.92. The molecule has 0 saturated carbocycles. The Kier molecular flexibility index (Phi) is 5.47. The number of urea groups is 1. The molecule has 1 aliphatic carbocycles. The first-order valence-electron chi connectivity index (χ1n) is 10.3. The van der Waals surface area contributed by atoms with Crippen molar-refractivity contribution in [3.05, 3.63) is 46.9 Å². The van der Waals surface area contributed by atoms with Crippen LogP contribution in [0.25, 0.3) is 0 Å². The number of rotatable bonds is 3. The minimum atomic E-state index is -0.222. The zero-order valence-electron chi connectivity index (χ0n) is 17.0. The van der Waals surface area contributed by atoms with Gasteiger partial charge in [-0.2, -0.15) is 0 Å². The van der Waals surface area contributed by atoms with E-state index < -0.39 is 0 Å². The van der Waals surface area contributed by atoms with Crippen LogP contribution in [0.3, 0.4) is 0 Å². The highest BCUT2D eigenvalue weighted by Crippen LogP contribution is 2.24. The van der Waals surface area contributed by atoms with Crippen LogP contribution < -0.4 is 15.5 Å². The molecule has 2 heterocycles. The molecule has 0 atom stereocenters. The van der Waals surface area contributed by atoms with Crippen molar-refractivity contribution in [2.24, 2.45) is 0 Å². The first kappa shape index (κ1) is 19.4. The van der Waals surface area contributed by atoms with Crippen molar-refractivity contribution in [1.29, 1.82) is 0 Å². The van der Waals surface area contributed by atoms with E-state index in [0.717, 1.165) is 67.2 Å². The fourth-order valence-electron chi connectivity index (χ4n) is 4.17. The summed E-state index contributed by atoms with van der Waals surface area (Å²) >= 11 is 0. The second-order valence-electron chi connectivity index (χ2n) is 7.92. The number of piperidine rings is 1. The van der Waals surface area contributed by atoms with Crippen LogP contribution in [0.5, 0.6) is 0 Å². The molecule has 1 aliphatic heterocycles. The Hall–Kier alpha value is -2.96. The van der Waals surface area contributed by atoms with E-state index in [1.54, 1.807) is 6.07 Å². The Morgan fingerprint density at radius 2 is 1.90 bits per heavy atom. The van der Waals surface area contributed by atoms with Crippen molar-refractivity contribution in [2.45, 2.75) is 52.0 Å². The normalized spacial score (nSPS) is 17.0. The number of Topliss-reactive ketones (excluding diaryl/α,β-unsaturated/α-hetero) is 1. The van der Waals surface area contributed by atoms with Crippen LogP contribution in [-0.4, -0.2) is 40.9 Å². The summed E-state index contributed by atoms with van der Waals surface area (Å²) in [6.45, 7) is 5.57. The number of aryl methyl sites for hydroxylation is 3. The highest BCUT2D eigenvalue weighted by Gasteiger charge is 2.22. The van der Waals surface area contributed by atoms with Crippen LogP contribution in [0.15, 0.2) is 24.3 Å². The number of fused-ring (bicyclic) bond motifs is 1. The van der Waals surface area contributed by atoms with Crippen LogP contribution >= 0.6 is 0 Å². The summed E-state index contributed by atoms with van der Waals surface area (Å²) in [4.78, 5) is 35.6. The Morgan fingerprint density at radius 3 is 2.66 bits per heavy atom. The van der Waals surface area contributed by atoms with Crippen LogP contribution in [0.2, 0.25) is 0 Å². The second kappa shape index (κ2) is 8.19. The van der Waals surface area contributed by atoms with Gasteiger partial charge in [0, 0.05) is 48.6 Å². The minimum absolute atomic E-state index is 0.120. The molecule has 2 amide bonds. The fraction of sp³-hybridized carbons (Fsp3) is 0.455. The molecule has 1 fully saturated rings. The first-order valence-corrected chi connectivity index (χ1v) is 10.3. The van der Waals surface area contributed by atoms with E-state index in [1.807, 2.05) is 32.0 Å². The van der Waals surface area contributed by atoms with Crippen LogP contribution in [0.4, 0.5) is 16.3 Å². The SMILES string of the molecule is Cc1cc(N2CCC(NC(=O)Nc3ccc4c(c3)C(=O)CCC4)CC2)nc(C)n1. The predicted molar refractivity (Wildman–Crippen MR) is 113 cm³/mol. The summed E-state index contributed by atoms with van der Waals surface area (Å²) in [6, 6.07) is 7.53. The van der Waals surface area contributed by atoms with E-state index in [9.17, 15) is 9.59 Å². The Labute approximate surface area is 170 Å². The molecule has 1 aromatic heterocycles. The van der Waals surface area contributed by atoms with Gasteiger partial charge in [0.15, 0.2) is 5.78 Å². The van der Waals surface area contributed by atoms with Crippen molar-refractivity contribution in [2.75, 3.05) is 23.3 Å². The largest absolute Gasteiger partial charge is 0.356 e. The van der Waals surface area contributed by atoms with E-state index in [4.69, 9.17) is 0 Å². The van der Waals surface area contributed by atoms with Gasteiger partial charge in [0.1, 0.15) is 11.6 Å². The van der Waals surface area contributed by atoms with Gasteiger partial charge in [0.25, 0.3) is 0 Å². The minimum Gasteiger partial charge on any atom is -0.356 e. The zero-order chi connectivity index (χ0) is 20.4. The molecule has 0 spiro atoms. The molecular weight excluding hydrogens is 366 g/mol. The molecule has 29 heavy (non-hydrogen) atoms. The average molecular weight is 393 g/mol. The number of nitrogens with zero attached hydrogens (tertiary/aromatic N) is 3. The lowest BCUT2D eigenvalue weighted by Crippen LogP contribution is -2.46. The molecule has 0 unspecified atom stereocenters. The summed E-state index contributed by atoms with van der Waals surface area (Å²) in [7, 11) is 0. The topological polar surface area (TPSA) is 87.2 Å². The molecule has 2 aliphatic rings. The number of anilines is 2. The number of hydrogen-bond donors (Lipinski definition) is 2. The molecule has 152 valence electrons. The quantitative estimate of drug-likeness (QED) is 0.835. The van der Waals surface area contributed by atoms with Crippen LogP contribution in [-0.2, 0) is 6.42 Å². The van der Waals surface area contributed by atoms with Crippen LogP contribution in [0, 0.1) is 13.8 Å². The third kappa shape index (κ3) is 4.55. The van der Waals surface area contributed by atoms with E-state index >= 15 is 0 Å². The molecule has 0 radical (unpaired) electrons. The highest BCUT2D eigenvalue weighted by atomic mass is 16.2. The van der Waals surface area contributed by atoms with Crippen molar-refractivity contribution in [3.63, 3.8) is 0 Å². The van der Waals surface area contributed by atoms with Gasteiger partial charge in [0.2, 0.25) is 0 Å². The van der Waals surface area contributed by atoms with E-state index in [-0.39, 0.29) is 17.9 Å². The molecule has 2 N–H and O–H groups in total. The van der Waals surface area contributed by atoms with Crippen molar-refractivity contribution >= 4 is 23.3 Å². The Bertz CT molecular complexity index is 915. The van der Waals surface area contributed by atoms with Crippen molar-refractivity contribution in [1.82, 2.24) is 15.3 Å². The van der Waals surface area contributed by atoms with E-state index in [0.29, 0.717) is 12.1 Å². The van der Waals surface area contributed by atoms with Gasteiger partial charge in [-0.15, -0.1) is 0 Å². The number of aromatic nitrogens is 2. The van der Waals surface area contributed by atoms with Crippen molar-refractivity contribution < 1.29 is 9.59 Å². The summed E-state index contributed by atoms with van der Waals surface area (Å²) in [5.41, 5.74) is 3.46. The first-order chi connectivity index (χ1) is 14.0. The Morgan fingerprint density at radius 1 is 1.10 bits per heavy atom. The third-order valence-electron chi connectivity index (χ3n) is 5.62.